The van der Waals surface area contributed by atoms with Crippen molar-refractivity contribution >= 4 is 11.3 Å². The first kappa shape index (κ1) is 8.33. The maximum absolute atomic E-state index is 5.42. The highest BCUT2D eigenvalue weighted by Crippen LogP contribution is 2.20. The van der Waals surface area contributed by atoms with Gasteiger partial charge in [-0.25, -0.2) is 4.98 Å². The Bertz CT molecular complexity index is 366. The zero-order valence-electron chi connectivity index (χ0n) is 6.90. The number of nitrogens with zero attached hydrogens (tertiary/aromatic N) is 3. The van der Waals surface area contributed by atoms with E-state index in [4.69, 9.17) is 5.73 Å². The van der Waals surface area contributed by atoms with E-state index in [2.05, 4.69) is 20.4 Å². The van der Waals surface area contributed by atoms with Gasteiger partial charge in [0.25, 0.3) is 0 Å². The van der Waals surface area contributed by atoms with Gasteiger partial charge in [-0.3, -0.25) is 0 Å². The summed E-state index contributed by atoms with van der Waals surface area (Å²) in [7, 11) is 0. The lowest BCUT2D eigenvalue weighted by atomic mass is 10.3. The number of rotatable bonds is 3. The van der Waals surface area contributed by atoms with Crippen LogP contribution in [0.2, 0.25) is 0 Å². The van der Waals surface area contributed by atoms with Gasteiger partial charge in [0.05, 0.1) is 11.9 Å². The largest absolute Gasteiger partial charge is 0.330 e. The molecule has 5 nitrogen and oxygen atoms in total. The third-order valence-electron chi connectivity index (χ3n) is 1.59. The van der Waals surface area contributed by atoms with E-state index >= 15 is 0 Å². The van der Waals surface area contributed by atoms with Crippen LogP contribution < -0.4 is 5.73 Å². The van der Waals surface area contributed by atoms with Gasteiger partial charge in [0, 0.05) is 11.8 Å². The molecule has 13 heavy (non-hydrogen) atoms. The Kier molecular flexibility index (Phi) is 2.33. The second-order valence-electron chi connectivity index (χ2n) is 2.54. The van der Waals surface area contributed by atoms with Gasteiger partial charge >= 0.3 is 0 Å². The Balaban J connectivity index is 2.23. The quantitative estimate of drug-likeness (QED) is 0.744. The average molecular weight is 195 g/mol. The second kappa shape index (κ2) is 3.63. The number of thiazole rings is 1. The summed E-state index contributed by atoms with van der Waals surface area (Å²) in [6, 6.07) is 0. The van der Waals surface area contributed by atoms with Crippen LogP contribution in [0.4, 0.5) is 0 Å². The highest BCUT2D eigenvalue weighted by atomic mass is 32.1. The Hall–Kier alpha value is -1.27. The SMILES string of the molecule is NCCc1csc(-c2cn[nH]n2)n1. The molecule has 6 heteroatoms. The molecule has 2 aromatic heterocycles. The molecule has 0 spiro atoms. The lowest BCUT2D eigenvalue weighted by molar-refractivity contribution is 0.930. The lowest BCUT2D eigenvalue weighted by Gasteiger charge is -1.88. The van der Waals surface area contributed by atoms with Crippen molar-refractivity contribution in [2.45, 2.75) is 6.42 Å². The number of hydrogen-bond acceptors (Lipinski definition) is 5. The molecule has 0 amide bonds. The van der Waals surface area contributed by atoms with E-state index in [1.807, 2.05) is 5.38 Å². The Morgan fingerprint density at radius 1 is 1.54 bits per heavy atom. The smallest absolute Gasteiger partial charge is 0.145 e. The molecule has 0 radical (unpaired) electrons. The summed E-state index contributed by atoms with van der Waals surface area (Å²) in [5.74, 6) is 0. The van der Waals surface area contributed by atoms with Crippen molar-refractivity contribution in [1.29, 1.82) is 0 Å². The molecule has 0 bridgehead atoms. The fourth-order valence-electron chi connectivity index (χ4n) is 0.992. The predicted molar refractivity (Wildman–Crippen MR) is 50.2 cm³/mol. The molecule has 0 unspecified atom stereocenters. The molecule has 2 rings (SSSR count). The molecule has 0 aliphatic carbocycles. The zero-order chi connectivity index (χ0) is 9.10. The van der Waals surface area contributed by atoms with Gasteiger partial charge in [-0.2, -0.15) is 15.4 Å². The number of H-pyrrole nitrogens is 1. The number of nitrogens with one attached hydrogen (secondary N) is 1. The van der Waals surface area contributed by atoms with Crippen LogP contribution in [0.25, 0.3) is 10.7 Å². The first-order valence-corrected chi connectivity index (χ1v) is 4.78. The van der Waals surface area contributed by atoms with E-state index in [-0.39, 0.29) is 0 Å². The first-order valence-electron chi connectivity index (χ1n) is 3.91. The van der Waals surface area contributed by atoms with Crippen LogP contribution in [0.1, 0.15) is 5.69 Å². The standard InChI is InChI=1S/C7H9N5S/c8-2-1-5-4-13-7(10-5)6-3-9-12-11-6/h3-4H,1-2,8H2,(H,9,11,12). The molecule has 68 valence electrons. The molecule has 0 aliphatic rings. The monoisotopic (exact) mass is 195 g/mol. The number of hydrogen-bond donors (Lipinski definition) is 2. The predicted octanol–water partition coefficient (Wildman–Crippen LogP) is 0.429. The van der Waals surface area contributed by atoms with Gasteiger partial charge in [-0.05, 0) is 6.54 Å². The summed E-state index contributed by atoms with van der Waals surface area (Å²) < 4.78 is 0. The normalized spacial score (nSPS) is 10.5. The van der Waals surface area contributed by atoms with E-state index < -0.39 is 0 Å². The molecular weight excluding hydrogens is 186 g/mol. The van der Waals surface area contributed by atoms with Crippen LogP contribution in [0.3, 0.4) is 0 Å². The summed E-state index contributed by atoms with van der Waals surface area (Å²) >= 11 is 1.56. The molecule has 0 atom stereocenters. The van der Waals surface area contributed by atoms with Gasteiger partial charge in [0.15, 0.2) is 0 Å². The van der Waals surface area contributed by atoms with Crippen molar-refractivity contribution in [3.63, 3.8) is 0 Å². The minimum absolute atomic E-state index is 0.627. The third kappa shape index (κ3) is 1.73. The van der Waals surface area contributed by atoms with Crippen LogP contribution in [-0.2, 0) is 6.42 Å². The molecule has 0 aliphatic heterocycles. The third-order valence-corrected chi connectivity index (χ3v) is 2.50. The molecule has 2 heterocycles. The Labute approximate surface area is 79.0 Å². The van der Waals surface area contributed by atoms with E-state index in [1.165, 1.54) is 0 Å². The molecular formula is C7H9N5S. The van der Waals surface area contributed by atoms with E-state index in [0.717, 1.165) is 22.8 Å². The molecule has 0 aromatic carbocycles. The fourth-order valence-corrected chi connectivity index (χ4v) is 1.80. The minimum atomic E-state index is 0.627. The first-order chi connectivity index (χ1) is 6.40. The number of aromatic nitrogens is 4. The molecule has 0 fully saturated rings. The van der Waals surface area contributed by atoms with E-state index in [0.29, 0.717) is 6.54 Å². The van der Waals surface area contributed by atoms with Crippen molar-refractivity contribution in [3.8, 4) is 10.7 Å². The molecule has 0 saturated carbocycles. The van der Waals surface area contributed by atoms with Crippen LogP contribution in [0.5, 0.6) is 0 Å². The van der Waals surface area contributed by atoms with Crippen molar-refractivity contribution in [3.05, 3.63) is 17.3 Å². The summed E-state index contributed by atoms with van der Waals surface area (Å²) in [5, 5.41) is 13.1. The zero-order valence-corrected chi connectivity index (χ0v) is 7.71. The minimum Gasteiger partial charge on any atom is -0.330 e. The van der Waals surface area contributed by atoms with E-state index in [1.54, 1.807) is 17.5 Å². The average Bonchev–Trinajstić information content (AvgIpc) is 2.70. The maximum Gasteiger partial charge on any atom is 0.145 e. The summed E-state index contributed by atoms with van der Waals surface area (Å²) in [5.41, 5.74) is 7.22. The number of aromatic amines is 1. The highest BCUT2D eigenvalue weighted by Gasteiger charge is 2.05. The van der Waals surface area contributed by atoms with Crippen molar-refractivity contribution in [2.24, 2.45) is 5.73 Å². The van der Waals surface area contributed by atoms with Crippen molar-refractivity contribution in [1.82, 2.24) is 20.4 Å². The molecule has 0 saturated heterocycles. The van der Waals surface area contributed by atoms with Gasteiger partial charge in [-0.1, -0.05) is 0 Å². The topological polar surface area (TPSA) is 80.5 Å². The second-order valence-corrected chi connectivity index (χ2v) is 3.40. The van der Waals surface area contributed by atoms with Crippen molar-refractivity contribution < 1.29 is 0 Å². The van der Waals surface area contributed by atoms with Gasteiger partial charge in [0.2, 0.25) is 0 Å². The maximum atomic E-state index is 5.42. The number of nitrogens with two attached hydrogens (primary N) is 1. The molecule has 2 aromatic rings. The van der Waals surface area contributed by atoms with Gasteiger partial charge in [-0.15, -0.1) is 11.3 Å². The van der Waals surface area contributed by atoms with Gasteiger partial charge < -0.3 is 5.73 Å². The van der Waals surface area contributed by atoms with Crippen LogP contribution in [-0.4, -0.2) is 26.9 Å². The van der Waals surface area contributed by atoms with Gasteiger partial charge in [0.1, 0.15) is 10.7 Å². The van der Waals surface area contributed by atoms with Crippen LogP contribution in [0.15, 0.2) is 11.6 Å². The highest BCUT2D eigenvalue weighted by molar-refractivity contribution is 7.13. The van der Waals surface area contributed by atoms with Crippen LogP contribution >= 0.6 is 11.3 Å². The van der Waals surface area contributed by atoms with E-state index in [9.17, 15) is 0 Å². The lowest BCUT2D eigenvalue weighted by Crippen LogP contribution is -2.02. The Morgan fingerprint density at radius 2 is 2.46 bits per heavy atom. The Morgan fingerprint density at radius 3 is 3.15 bits per heavy atom. The summed E-state index contributed by atoms with van der Waals surface area (Å²) in [4.78, 5) is 4.36. The fraction of sp³-hybridized carbons (Fsp3) is 0.286. The summed E-state index contributed by atoms with van der Waals surface area (Å²) in [6.07, 6.45) is 2.47. The summed E-state index contributed by atoms with van der Waals surface area (Å²) in [6.45, 7) is 0.627. The van der Waals surface area contributed by atoms with Crippen molar-refractivity contribution in [2.75, 3.05) is 6.54 Å². The molecule has 3 N–H and O–H groups in total. The van der Waals surface area contributed by atoms with Crippen LogP contribution in [0, 0.1) is 0 Å².